The van der Waals surface area contributed by atoms with E-state index in [4.69, 9.17) is 10.5 Å². The molecule has 3 N–H and O–H groups in total. The minimum atomic E-state index is 0.630. The summed E-state index contributed by atoms with van der Waals surface area (Å²) in [4.78, 5) is 19.9. The smallest absolute Gasteiger partial charge is 0.140 e. The van der Waals surface area contributed by atoms with Crippen molar-refractivity contribution in [3.05, 3.63) is 78.5 Å². The Kier molecular flexibility index (Phi) is 7.94. The topological polar surface area (TPSA) is 106 Å². The summed E-state index contributed by atoms with van der Waals surface area (Å²) >= 11 is 0. The number of imidazole rings is 1. The van der Waals surface area contributed by atoms with E-state index in [9.17, 15) is 0 Å². The zero-order valence-corrected chi connectivity index (χ0v) is 21.9. The second-order valence-electron chi connectivity index (χ2n) is 9.64. The molecule has 1 aromatic carbocycles. The molecule has 0 bridgehead atoms. The highest BCUT2D eigenvalue weighted by atomic mass is 16.5. The molecule has 0 radical (unpaired) electrons. The van der Waals surface area contributed by atoms with E-state index in [0.29, 0.717) is 6.54 Å². The molecular formula is C29H34N8O. The molecule has 196 valence electrons. The number of nitrogens with zero attached hydrogens (tertiary/aromatic N) is 6. The Morgan fingerprint density at radius 2 is 2.05 bits per heavy atom. The first-order chi connectivity index (χ1) is 18.6. The predicted molar refractivity (Wildman–Crippen MR) is 152 cm³/mol. The molecule has 1 atom stereocenters. The van der Waals surface area contributed by atoms with E-state index in [0.717, 1.165) is 70.8 Å². The highest BCUT2D eigenvalue weighted by Gasteiger charge is 2.19. The van der Waals surface area contributed by atoms with Crippen LogP contribution in [0.3, 0.4) is 0 Å². The Hall–Kier alpha value is -4.24. The summed E-state index contributed by atoms with van der Waals surface area (Å²) in [6.45, 7) is 3.70. The summed E-state index contributed by atoms with van der Waals surface area (Å²) in [5.74, 6) is 2.31. The van der Waals surface area contributed by atoms with Gasteiger partial charge in [0.2, 0.25) is 0 Å². The first kappa shape index (κ1) is 25.4. The Morgan fingerprint density at radius 3 is 2.82 bits per heavy atom. The van der Waals surface area contributed by atoms with Crippen molar-refractivity contribution in [2.45, 2.75) is 19.4 Å². The molecule has 38 heavy (non-hydrogen) atoms. The lowest BCUT2D eigenvalue weighted by atomic mass is 10.1. The average Bonchev–Trinajstić information content (AvgIpc) is 3.56. The number of ether oxygens (including phenoxy) is 1. The van der Waals surface area contributed by atoms with Gasteiger partial charge in [-0.2, -0.15) is 0 Å². The van der Waals surface area contributed by atoms with Crippen molar-refractivity contribution in [1.82, 2.24) is 24.3 Å². The van der Waals surface area contributed by atoms with Crippen LogP contribution < -0.4 is 15.8 Å². The van der Waals surface area contributed by atoms with Crippen molar-refractivity contribution < 1.29 is 4.74 Å². The lowest BCUT2D eigenvalue weighted by Gasteiger charge is -2.12. The molecule has 1 aliphatic heterocycles. The quantitative estimate of drug-likeness (QED) is 0.309. The Bertz CT molecular complexity index is 1430. The monoisotopic (exact) mass is 510 g/mol. The van der Waals surface area contributed by atoms with Gasteiger partial charge >= 0.3 is 0 Å². The van der Waals surface area contributed by atoms with E-state index >= 15 is 0 Å². The van der Waals surface area contributed by atoms with Crippen LogP contribution in [-0.2, 0) is 6.54 Å². The number of benzene rings is 1. The maximum Gasteiger partial charge on any atom is 0.140 e. The van der Waals surface area contributed by atoms with E-state index in [1.54, 1.807) is 25.8 Å². The van der Waals surface area contributed by atoms with Crippen LogP contribution in [0.25, 0.3) is 22.6 Å². The Balaban J connectivity index is 1.22. The zero-order valence-electron chi connectivity index (χ0n) is 21.9. The molecule has 3 aromatic heterocycles. The minimum Gasteiger partial charge on any atom is -0.493 e. The fourth-order valence-electron chi connectivity index (χ4n) is 4.80. The van der Waals surface area contributed by atoms with Gasteiger partial charge in [0.25, 0.3) is 0 Å². The molecule has 0 saturated carbocycles. The van der Waals surface area contributed by atoms with E-state index < -0.39 is 0 Å². The van der Waals surface area contributed by atoms with Gasteiger partial charge in [0.15, 0.2) is 0 Å². The normalized spacial score (nSPS) is 16.5. The summed E-state index contributed by atoms with van der Waals surface area (Å²) in [7, 11) is 3.91. The fourth-order valence-corrected chi connectivity index (χ4v) is 4.80. The lowest BCUT2D eigenvalue weighted by Crippen LogP contribution is -2.15. The number of pyridine rings is 1. The molecular weight excluding hydrogens is 476 g/mol. The van der Waals surface area contributed by atoms with Crippen LogP contribution in [0.15, 0.2) is 72.4 Å². The maximum atomic E-state index is 6.04. The van der Waals surface area contributed by atoms with Gasteiger partial charge in [-0.3, -0.25) is 9.39 Å². The van der Waals surface area contributed by atoms with Crippen LogP contribution >= 0.6 is 0 Å². The molecule has 1 fully saturated rings. The van der Waals surface area contributed by atoms with Gasteiger partial charge in [-0.05, 0) is 49.5 Å². The van der Waals surface area contributed by atoms with Crippen LogP contribution in [0.2, 0.25) is 0 Å². The summed E-state index contributed by atoms with van der Waals surface area (Å²) in [6.07, 6.45) is 11.0. The van der Waals surface area contributed by atoms with Crippen LogP contribution in [0.5, 0.6) is 5.75 Å². The molecule has 4 aromatic rings. The summed E-state index contributed by atoms with van der Waals surface area (Å²) in [5, 5.41) is 3.39. The molecule has 1 unspecified atom stereocenters. The Morgan fingerprint density at radius 1 is 1.18 bits per heavy atom. The van der Waals surface area contributed by atoms with Crippen LogP contribution in [0, 0.1) is 5.92 Å². The number of anilines is 1. The van der Waals surface area contributed by atoms with Crippen molar-refractivity contribution in [2.24, 2.45) is 16.6 Å². The van der Waals surface area contributed by atoms with Crippen molar-refractivity contribution >= 4 is 23.3 Å². The molecule has 1 saturated heterocycles. The van der Waals surface area contributed by atoms with Crippen molar-refractivity contribution in [3.63, 3.8) is 0 Å². The van der Waals surface area contributed by atoms with Gasteiger partial charge in [0.1, 0.15) is 23.5 Å². The molecule has 0 amide bonds. The SMILES string of the molecule is CN=CC(=CN)c1ccc(CNc2cc(-c3cnc4cc(OCCC5CCN(C)C5)ccn34)ncn2)cc1. The highest BCUT2D eigenvalue weighted by Crippen LogP contribution is 2.24. The summed E-state index contributed by atoms with van der Waals surface area (Å²) < 4.78 is 8.05. The van der Waals surface area contributed by atoms with Crippen LogP contribution in [-0.4, -0.2) is 64.3 Å². The third-order valence-corrected chi connectivity index (χ3v) is 6.91. The number of rotatable bonds is 10. The molecule has 1 aliphatic rings. The Labute approximate surface area is 223 Å². The molecule has 0 spiro atoms. The average molecular weight is 511 g/mol. The number of aliphatic imine (C=N–C) groups is 1. The van der Waals surface area contributed by atoms with E-state index in [1.807, 2.05) is 47.1 Å². The second-order valence-corrected chi connectivity index (χ2v) is 9.64. The van der Waals surface area contributed by atoms with Gasteiger partial charge < -0.3 is 20.7 Å². The van der Waals surface area contributed by atoms with E-state index in [-0.39, 0.29) is 0 Å². The van der Waals surface area contributed by atoms with E-state index in [2.05, 4.69) is 49.3 Å². The number of allylic oxidation sites excluding steroid dienone is 1. The first-order valence-electron chi connectivity index (χ1n) is 12.9. The minimum absolute atomic E-state index is 0.630. The predicted octanol–water partition coefficient (Wildman–Crippen LogP) is 4.12. The molecule has 9 heteroatoms. The molecule has 0 aliphatic carbocycles. The highest BCUT2D eigenvalue weighted by molar-refractivity contribution is 6.09. The van der Waals surface area contributed by atoms with Gasteiger partial charge in [-0.25, -0.2) is 15.0 Å². The summed E-state index contributed by atoms with van der Waals surface area (Å²) in [5.41, 5.74) is 11.3. The fraction of sp³-hybridized carbons (Fsp3) is 0.310. The number of nitrogens with one attached hydrogen (secondary N) is 1. The number of likely N-dealkylation sites (tertiary alicyclic amines) is 1. The van der Waals surface area contributed by atoms with Gasteiger partial charge in [0.05, 0.1) is 24.2 Å². The van der Waals surface area contributed by atoms with E-state index in [1.165, 1.54) is 13.0 Å². The van der Waals surface area contributed by atoms with Gasteiger partial charge in [-0.1, -0.05) is 24.3 Å². The standard InChI is InChI=1S/C29H34N8O/c1-31-17-24(15-30)23-5-3-21(4-6-23)16-32-28-14-26(34-20-35-28)27-18-33-29-13-25(8-11-37(27)29)38-12-9-22-7-10-36(2)19-22/h3-6,8,11,13-15,17-18,20,22H,7,9-10,12,16,19,30H2,1-2H3,(H,32,34,35). The number of hydrogen-bond acceptors (Lipinski definition) is 8. The largest absolute Gasteiger partial charge is 0.493 e. The second kappa shape index (κ2) is 11.9. The first-order valence-corrected chi connectivity index (χ1v) is 12.9. The number of aromatic nitrogens is 4. The van der Waals surface area contributed by atoms with Crippen LogP contribution in [0.1, 0.15) is 24.0 Å². The lowest BCUT2D eigenvalue weighted by molar-refractivity contribution is 0.276. The molecule has 4 heterocycles. The van der Waals surface area contributed by atoms with Crippen LogP contribution in [0.4, 0.5) is 5.82 Å². The maximum absolute atomic E-state index is 6.04. The number of nitrogens with two attached hydrogens (primary N) is 1. The van der Waals surface area contributed by atoms with Crippen molar-refractivity contribution in [3.8, 4) is 17.1 Å². The van der Waals surface area contributed by atoms with Gasteiger partial charge in [-0.15, -0.1) is 0 Å². The number of hydrogen-bond donors (Lipinski definition) is 2. The number of fused-ring (bicyclic) bond motifs is 1. The van der Waals surface area contributed by atoms with Gasteiger partial charge in [0, 0.05) is 56.5 Å². The van der Waals surface area contributed by atoms with Crippen molar-refractivity contribution in [2.75, 3.05) is 39.1 Å². The molecule has 5 rings (SSSR count). The molecule has 9 nitrogen and oxygen atoms in total. The third kappa shape index (κ3) is 6.00. The zero-order chi connectivity index (χ0) is 26.3. The summed E-state index contributed by atoms with van der Waals surface area (Å²) in [6, 6.07) is 14.1. The third-order valence-electron chi connectivity index (χ3n) is 6.91. The van der Waals surface area contributed by atoms with Crippen molar-refractivity contribution in [1.29, 1.82) is 0 Å².